The maximum atomic E-state index is 9.72. The molecule has 3 rings (SSSR count). The van der Waals surface area contributed by atoms with Crippen molar-refractivity contribution in [3.05, 3.63) is 72.3 Å². The molecule has 0 bridgehead atoms. The summed E-state index contributed by atoms with van der Waals surface area (Å²) in [7, 11) is 0. The summed E-state index contributed by atoms with van der Waals surface area (Å²) in [4.78, 5) is 3.92. The third-order valence-corrected chi connectivity index (χ3v) is 3.24. The summed E-state index contributed by atoms with van der Waals surface area (Å²) < 4.78 is 1.78. The van der Waals surface area contributed by atoms with Gasteiger partial charge in [0, 0.05) is 17.8 Å². The van der Waals surface area contributed by atoms with Crippen molar-refractivity contribution in [1.29, 1.82) is 0 Å². The molecule has 0 amide bonds. The van der Waals surface area contributed by atoms with Gasteiger partial charge in [0.25, 0.3) is 0 Å². The van der Waals surface area contributed by atoms with Crippen LogP contribution < -0.4 is 5.32 Å². The maximum Gasteiger partial charge on any atom is 0.137 e. The molecular formula is C16H16N4O. The monoisotopic (exact) mass is 280 g/mol. The Hall–Kier alpha value is -2.82. The highest BCUT2D eigenvalue weighted by Crippen LogP contribution is 2.18. The van der Waals surface area contributed by atoms with Gasteiger partial charge in [-0.05, 0) is 23.8 Å². The molecule has 0 fully saturated rings. The Kier molecular flexibility index (Phi) is 3.82. The van der Waals surface area contributed by atoms with Gasteiger partial charge in [-0.15, -0.1) is 0 Å². The number of phenolic OH excluding ortho intramolecular Hbond substituents is 1. The molecule has 0 atom stereocenters. The van der Waals surface area contributed by atoms with E-state index < -0.39 is 0 Å². The number of anilines is 1. The van der Waals surface area contributed by atoms with Gasteiger partial charge in [-0.25, -0.2) is 9.67 Å². The van der Waals surface area contributed by atoms with Gasteiger partial charge in [-0.1, -0.05) is 30.3 Å². The van der Waals surface area contributed by atoms with Gasteiger partial charge < -0.3 is 10.4 Å². The van der Waals surface area contributed by atoms with Gasteiger partial charge >= 0.3 is 0 Å². The number of hydrogen-bond donors (Lipinski definition) is 2. The van der Waals surface area contributed by atoms with Crippen molar-refractivity contribution in [2.75, 3.05) is 5.32 Å². The van der Waals surface area contributed by atoms with E-state index in [1.165, 1.54) is 6.33 Å². The number of phenols is 1. The number of aromatic nitrogens is 3. The topological polar surface area (TPSA) is 63.0 Å². The molecule has 5 heteroatoms. The molecule has 0 aliphatic heterocycles. The van der Waals surface area contributed by atoms with E-state index in [0.717, 1.165) is 16.8 Å². The predicted octanol–water partition coefficient (Wildman–Crippen LogP) is 2.64. The Labute approximate surface area is 122 Å². The standard InChI is InChI=1S/C16H16N4O/c21-16-4-2-1-3-14(16)9-18-15-7-5-13(6-8-15)10-20-12-17-11-19-20/h1-8,11-12,18,21H,9-10H2. The molecule has 0 spiro atoms. The molecule has 2 N–H and O–H groups in total. The van der Waals surface area contributed by atoms with Crippen molar-refractivity contribution in [3.63, 3.8) is 0 Å². The van der Waals surface area contributed by atoms with Crippen LogP contribution in [0.5, 0.6) is 5.75 Å². The quantitative estimate of drug-likeness (QED) is 0.754. The number of nitrogens with one attached hydrogen (secondary N) is 1. The van der Waals surface area contributed by atoms with Gasteiger partial charge in [-0.2, -0.15) is 5.10 Å². The lowest BCUT2D eigenvalue weighted by molar-refractivity contribution is 0.469. The molecular weight excluding hydrogens is 264 g/mol. The fourth-order valence-electron chi connectivity index (χ4n) is 2.09. The largest absolute Gasteiger partial charge is 0.508 e. The van der Waals surface area contributed by atoms with E-state index in [4.69, 9.17) is 0 Å². The first-order valence-corrected chi connectivity index (χ1v) is 6.73. The van der Waals surface area contributed by atoms with Crippen molar-refractivity contribution in [1.82, 2.24) is 14.8 Å². The molecule has 1 aromatic heterocycles. The zero-order valence-electron chi connectivity index (χ0n) is 11.5. The number of nitrogens with zero attached hydrogens (tertiary/aromatic N) is 3. The van der Waals surface area contributed by atoms with Gasteiger partial charge in [0.2, 0.25) is 0 Å². The lowest BCUT2D eigenvalue weighted by Gasteiger charge is -2.09. The molecule has 3 aromatic rings. The summed E-state index contributed by atoms with van der Waals surface area (Å²) in [6.45, 7) is 1.30. The fraction of sp³-hybridized carbons (Fsp3) is 0.125. The van der Waals surface area contributed by atoms with Crippen LogP contribution in [0.25, 0.3) is 0 Å². The molecule has 0 radical (unpaired) electrons. The number of aromatic hydroxyl groups is 1. The highest BCUT2D eigenvalue weighted by molar-refractivity contribution is 5.46. The van der Waals surface area contributed by atoms with E-state index in [-0.39, 0.29) is 0 Å². The average Bonchev–Trinajstić information content (AvgIpc) is 3.01. The zero-order chi connectivity index (χ0) is 14.5. The van der Waals surface area contributed by atoms with Crippen LogP contribution in [0.15, 0.2) is 61.2 Å². The Bertz CT molecular complexity index is 693. The highest BCUT2D eigenvalue weighted by Gasteiger charge is 2.00. The van der Waals surface area contributed by atoms with Crippen molar-refractivity contribution in [2.45, 2.75) is 13.1 Å². The number of hydrogen-bond acceptors (Lipinski definition) is 4. The number of para-hydroxylation sites is 1. The maximum absolute atomic E-state index is 9.72. The summed E-state index contributed by atoms with van der Waals surface area (Å²) in [6, 6.07) is 15.5. The van der Waals surface area contributed by atoms with Crippen molar-refractivity contribution in [2.24, 2.45) is 0 Å². The van der Waals surface area contributed by atoms with Crippen LogP contribution in [0.1, 0.15) is 11.1 Å². The Balaban J connectivity index is 1.61. The van der Waals surface area contributed by atoms with E-state index in [1.807, 2.05) is 30.3 Å². The van der Waals surface area contributed by atoms with E-state index in [9.17, 15) is 5.11 Å². The van der Waals surface area contributed by atoms with Crippen molar-refractivity contribution >= 4 is 5.69 Å². The number of rotatable bonds is 5. The molecule has 2 aromatic carbocycles. The third kappa shape index (κ3) is 3.39. The van der Waals surface area contributed by atoms with Crippen LogP contribution in [0.3, 0.4) is 0 Å². The van der Waals surface area contributed by atoms with E-state index in [2.05, 4.69) is 27.5 Å². The Morgan fingerprint density at radius 1 is 1.05 bits per heavy atom. The third-order valence-electron chi connectivity index (χ3n) is 3.24. The van der Waals surface area contributed by atoms with Crippen LogP contribution in [-0.4, -0.2) is 19.9 Å². The van der Waals surface area contributed by atoms with E-state index in [1.54, 1.807) is 17.1 Å². The average molecular weight is 280 g/mol. The van der Waals surface area contributed by atoms with Gasteiger partial charge in [-0.3, -0.25) is 0 Å². The van der Waals surface area contributed by atoms with Gasteiger partial charge in [0.15, 0.2) is 0 Å². The van der Waals surface area contributed by atoms with Crippen LogP contribution in [0.4, 0.5) is 5.69 Å². The lowest BCUT2D eigenvalue weighted by Crippen LogP contribution is -2.02. The first-order chi connectivity index (χ1) is 10.3. The normalized spacial score (nSPS) is 10.5. The molecule has 106 valence electrons. The summed E-state index contributed by atoms with van der Waals surface area (Å²) in [5.41, 5.74) is 3.05. The minimum Gasteiger partial charge on any atom is -0.508 e. The molecule has 0 unspecified atom stereocenters. The SMILES string of the molecule is Oc1ccccc1CNc1ccc(Cn2cncn2)cc1. The Morgan fingerprint density at radius 3 is 2.57 bits per heavy atom. The second-order valence-electron chi connectivity index (χ2n) is 4.77. The predicted molar refractivity (Wildman–Crippen MR) is 81.0 cm³/mol. The minimum atomic E-state index is 0.313. The first-order valence-electron chi connectivity index (χ1n) is 6.73. The fourth-order valence-corrected chi connectivity index (χ4v) is 2.09. The molecule has 0 aliphatic carbocycles. The van der Waals surface area contributed by atoms with Crippen LogP contribution >= 0.6 is 0 Å². The van der Waals surface area contributed by atoms with E-state index in [0.29, 0.717) is 18.8 Å². The van der Waals surface area contributed by atoms with Crippen LogP contribution in [0, 0.1) is 0 Å². The summed E-state index contributed by atoms with van der Waals surface area (Å²) in [5, 5.41) is 17.1. The molecule has 0 aliphatic rings. The van der Waals surface area contributed by atoms with Crippen LogP contribution in [0.2, 0.25) is 0 Å². The minimum absolute atomic E-state index is 0.313. The summed E-state index contributed by atoms with van der Waals surface area (Å²) in [5.74, 6) is 0.313. The summed E-state index contributed by atoms with van der Waals surface area (Å²) >= 11 is 0. The van der Waals surface area contributed by atoms with Crippen LogP contribution in [-0.2, 0) is 13.1 Å². The highest BCUT2D eigenvalue weighted by atomic mass is 16.3. The second kappa shape index (κ2) is 6.09. The lowest BCUT2D eigenvalue weighted by atomic mass is 10.2. The Morgan fingerprint density at radius 2 is 1.86 bits per heavy atom. The molecule has 1 heterocycles. The first kappa shape index (κ1) is 13.2. The van der Waals surface area contributed by atoms with Gasteiger partial charge in [0.05, 0.1) is 6.54 Å². The molecule has 5 nitrogen and oxygen atoms in total. The van der Waals surface area contributed by atoms with E-state index >= 15 is 0 Å². The zero-order valence-corrected chi connectivity index (χ0v) is 11.5. The molecule has 0 saturated carbocycles. The molecule has 21 heavy (non-hydrogen) atoms. The van der Waals surface area contributed by atoms with Gasteiger partial charge in [0.1, 0.15) is 18.4 Å². The van der Waals surface area contributed by atoms with Crippen molar-refractivity contribution < 1.29 is 5.11 Å². The van der Waals surface area contributed by atoms with Crippen molar-refractivity contribution in [3.8, 4) is 5.75 Å². The smallest absolute Gasteiger partial charge is 0.137 e. The second-order valence-corrected chi connectivity index (χ2v) is 4.77. The summed E-state index contributed by atoms with van der Waals surface area (Å²) in [6.07, 6.45) is 3.23. The number of benzene rings is 2. The molecule has 0 saturated heterocycles.